The molecular formula is C25H38ClN3O3. The molecule has 2 amide bonds. The van der Waals surface area contributed by atoms with Crippen LogP contribution in [-0.2, 0) is 17.6 Å². The summed E-state index contributed by atoms with van der Waals surface area (Å²) >= 11 is 0. The van der Waals surface area contributed by atoms with E-state index in [-0.39, 0.29) is 24.9 Å². The van der Waals surface area contributed by atoms with E-state index in [9.17, 15) is 9.59 Å². The smallest absolute Gasteiger partial charge is 0.324 e. The first-order chi connectivity index (χ1) is 14.8. The molecule has 6 nitrogen and oxygen atoms in total. The number of carbonyl (C=O) groups is 2. The lowest BCUT2D eigenvalue weighted by molar-refractivity contribution is -0.137. The average Bonchev–Trinajstić information content (AvgIpc) is 3.09. The number of hydrogen-bond donors (Lipinski definition) is 1. The molecule has 7 heteroatoms. The maximum Gasteiger partial charge on any atom is 0.324 e. The van der Waals surface area contributed by atoms with Gasteiger partial charge < -0.3 is 14.9 Å². The van der Waals surface area contributed by atoms with Gasteiger partial charge in [-0.1, -0.05) is 6.07 Å². The Bertz CT molecular complexity index is 825. The van der Waals surface area contributed by atoms with E-state index >= 15 is 0 Å². The molecule has 3 aliphatic rings. The van der Waals surface area contributed by atoms with Crippen molar-refractivity contribution in [1.29, 1.82) is 0 Å². The molecule has 0 radical (unpaired) electrons. The Morgan fingerprint density at radius 1 is 1.03 bits per heavy atom. The summed E-state index contributed by atoms with van der Waals surface area (Å²) < 4.78 is 0. The summed E-state index contributed by atoms with van der Waals surface area (Å²) in [5, 5.41) is 8.91. The van der Waals surface area contributed by atoms with Crippen molar-refractivity contribution in [2.24, 2.45) is 5.92 Å². The molecule has 178 valence electrons. The number of carboxylic acid groups (broad SMARTS) is 1. The number of carboxylic acids is 1. The third-order valence-electron chi connectivity index (χ3n) is 7.99. The van der Waals surface area contributed by atoms with E-state index in [1.54, 1.807) is 0 Å². The molecule has 1 saturated heterocycles. The van der Waals surface area contributed by atoms with Gasteiger partial charge in [-0.25, -0.2) is 4.79 Å². The molecule has 1 saturated carbocycles. The van der Waals surface area contributed by atoms with Gasteiger partial charge in [0.25, 0.3) is 0 Å². The van der Waals surface area contributed by atoms with E-state index in [4.69, 9.17) is 5.11 Å². The number of aliphatic carboxylic acids is 1. The predicted molar refractivity (Wildman–Crippen MR) is 130 cm³/mol. The van der Waals surface area contributed by atoms with Crippen molar-refractivity contribution in [2.45, 2.75) is 83.3 Å². The van der Waals surface area contributed by atoms with Crippen LogP contribution >= 0.6 is 12.4 Å². The summed E-state index contributed by atoms with van der Waals surface area (Å²) in [6, 6.07) is 8.07. The number of rotatable bonds is 5. The molecule has 1 N–H and O–H groups in total. The number of anilines is 1. The molecule has 2 atom stereocenters. The predicted octanol–water partition coefficient (Wildman–Crippen LogP) is 4.58. The van der Waals surface area contributed by atoms with E-state index in [1.165, 1.54) is 11.1 Å². The second-order valence-electron chi connectivity index (χ2n) is 9.96. The number of benzene rings is 1. The molecule has 32 heavy (non-hydrogen) atoms. The van der Waals surface area contributed by atoms with E-state index in [0.717, 1.165) is 63.7 Å². The molecule has 4 rings (SSSR count). The molecule has 0 aromatic heterocycles. The van der Waals surface area contributed by atoms with Crippen LogP contribution in [-0.4, -0.2) is 65.2 Å². The van der Waals surface area contributed by atoms with Gasteiger partial charge in [-0.15, -0.1) is 12.4 Å². The van der Waals surface area contributed by atoms with Crippen LogP contribution < -0.4 is 4.90 Å². The van der Waals surface area contributed by atoms with E-state index in [0.29, 0.717) is 24.0 Å². The highest BCUT2D eigenvalue weighted by molar-refractivity contribution is 5.94. The lowest BCUT2D eigenvalue weighted by Crippen LogP contribution is -2.41. The number of carbonyl (C=O) groups excluding carboxylic acids is 1. The number of urea groups is 1. The number of nitrogens with zero attached hydrogens (tertiary/aromatic N) is 3. The molecule has 0 spiro atoms. The monoisotopic (exact) mass is 463 g/mol. The Morgan fingerprint density at radius 3 is 2.34 bits per heavy atom. The van der Waals surface area contributed by atoms with Crippen molar-refractivity contribution in [1.82, 2.24) is 9.80 Å². The van der Waals surface area contributed by atoms with E-state index in [1.807, 2.05) is 4.90 Å². The lowest BCUT2D eigenvalue weighted by Gasteiger charge is -2.34. The number of hydrogen-bond acceptors (Lipinski definition) is 3. The molecule has 1 aromatic carbocycles. The second-order valence-corrected chi connectivity index (χ2v) is 9.96. The standard InChI is InChI=1S/C25H37N3O3.ClH/c1-17-14-20-7-10-23(16-21(20)15-18(2)26(17)3)28-13-12-27(25(28)31)22-8-4-19(5-9-22)6-11-24(29)30;/h7,10,16-19,22H,4-6,8-9,11-15H2,1-3H3,(H,29,30);1H. The molecule has 2 heterocycles. The Balaban J connectivity index is 0.00000289. The highest BCUT2D eigenvalue weighted by Crippen LogP contribution is 2.34. The van der Waals surface area contributed by atoms with Crippen molar-refractivity contribution in [3.63, 3.8) is 0 Å². The summed E-state index contributed by atoms with van der Waals surface area (Å²) in [6.07, 6.45) is 7.17. The van der Waals surface area contributed by atoms with E-state index < -0.39 is 5.97 Å². The maximum absolute atomic E-state index is 13.3. The van der Waals surface area contributed by atoms with Gasteiger partial charge in [0.1, 0.15) is 0 Å². The van der Waals surface area contributed by atoms with Crippen LogP contribution in [0.4, 0.5) is 10.5 Å². The fourth-order valence-corrected chi connectivity index (χ4v) is 5.73. The molecule has 2 aliphatic heterocycles. The molecule has 0 bridgehead atoms. The minimum absolute atomic E-state index is 0. The second kappa shape index (κ2) is 10.4. The fourth-order valence-electron chi connectivity index (χ4n) is 5.73. The van der Waals surface area contributed by atoms with Gasteiger partial charge in [-0.3, -0.25) is 9.69 Å². The van der Waals surface area contributed by atoms with Crippen LogP contribution in [0, 0.1) is 5.92 Å². The fraction of sp³-hybridized carbons (Fsp3) is 0.680. The first kappa shape index (κ1) is 24.8. The normalized spacial score (nSPS) is 28.8. The van der Waals surface area contributed by atoms with Gasteiger partial charge in [-0.05, 0) is 95.0 Å². The number of fused-ring (bicyclic) bond motifs is 1. The van der Waals surface area contributed by atoms with Crippen molar-refractivity contribution in [3.05, 3.63) is 29.3 Å². The highest BCUT2D eigenvalue weighted by Gasteiger charge is 2.36. The van der Waals surface area contributed by atoms with Gasteiger partial charge in [0.05, 0.1) is 0 Å². The van der Waals surface area contributed by atoms with Crippen LogP contribution in [0.5, 0.6) is 0 Å². The molecular weight excluding hydrogens is 426 g/mol. The van der Waals surface area contributed by atoms with Crippen LogP contribution in [0.25, 0.3) is 0 Å². The number of halogens is 1. The summed E-state index contributed by atoms with van der Waals surface area (Å²) in [5.74, 6) is -0.211. The maximum atomic E-state index is 13.3. The zero-order valence-corrected chi connectivity index (χ0v) is 20.4. The number of likely N-dealkylation sites (N-methyl/N-ethyl adjacent to an activating group) is 1. The summed E-state index contributed by atoms with van der Waals surface area (Å²) in [6.45, 7) is 6.12. The van der Waals surface area contributed by atoms with Gasteiger partial charge in [-0.2, -0.15) is 0 Å². The van der Waals surface area contributed by atoms with Crippen molar-refractivity contribution in [2.75, 3.05) is 25.0 Å². The SMILES string of the molecule is CC1Cc2ccc(N3CCN(C4CCC(CCC(=O)O)CC4)C3=O)cc2CC(C)N1C.Cl. The minimum Gasteiger partial charge on any atom is -0.481 e. The Labute approximate surface area is 198 Å². The lowest BCUT2D eigenvalue weighted by atomic mass is 9.83. The summed E-state index contributed by atoms with van der Waals surface area (Å²) in [5.41, 5.74) is 3.83. The zero-order chi connectivity index (χ0) is 22.1. The Hall–Kier alpha value is -1.79. The third kappa shape index (κ3) is 5.23. The first-order valence-electron chi connectivity index (χ1n) is 12.0. The van der Waals surface area contributed by atoms with Crippen molar-refractivity contribution >= 4 is 30.1 Å². The largest absolute Gasteiger partial charge is 0.481 e. The molecule has 2 fully saturated rings. The van der Waals surface area contributed by atoms with Crippen LogP contribution in [0.2, 0.25) is 0 Å². The first-order valence-corrected chi connectivity index (χ1v) is 12.0. The van der Waals surface area contributed by atoms with Crippen LogP contribution in [0.15, 0.2) is 18.2 Å². The third-order valence-corrected chi connectivity index (χ3v) is 7.99. The summed E-state index contributed by atoms with van der Waals surface area (Å²) in [7, 11) is 2.21. The zero-order valence-electron chi connectivity index (χ0n) is 19.6. The highest BCUT2D eigenvalue weighted by atomic mass is 35.5. The van der Waals surface area contributed by atoms with Gasteiger partial charge in [0.15, 0.2) is 0 Å². The van der Waals surface area contributed by atoms with Crippen LogP contribution in [0.1, 0.15) is 63.5 Å². The Morgan fingerprint density at radius 2 is 1.69 bits per heavy atom. The average molecular weight is 464 g/mol. The van der Waals surface area contributed by atoms with Gasteiger partial charge >= 0.3 is 12.0 Å². The van der Waals surface area contributed by atoms with Crippen LogP contribution in [0.3, 0.4) is 0 Å². The molecule has 1 aromatic rings. The molecule has 2 unspecified atom stereocenters. The van der Waals surface area contributed by atoms with Gasteiger partial charge in [0.2, 0.25) is 0 Å². The number of amides is 2. The quantitative estimate of drug-likeness (QED) is 0.694. The van der Waals surface area contributed by atoms with Crippen molar-refractivity contribution < 1.29 is 14.7 Å². The van der Waals surface area contributed by atoms with Gasteiger partial charge in [0, 0.05) is 43.3 Å². The van der Waals surface area contributed by atoms with E-state index in [2.05, 4.69) is 48.9 Å². The topological polar surface area (TPSA) is 64.1 Å². The molecule has 1 aliphatic carbocycles. The summed E-state index contributed by atoms with van der Waals surface area (Å²) in [4.78, 5) is 30.6. The van der Waals surface area contributed by atoms with Crippen molar-refractivity contribution in [3.8, 4) is 0 Å². The Kier molecular flexibility index (Phi) is 8.10. The minimum atomic E-state index is -0.705.